The summed E-state index contributed by atoms with van der Waals surface area (Å²) in [6.45, 7) is 3.91. The number of carbonyl (C=O) groups is 1. The van der Waals surface area contributed by atoms with Gasteiger partial charge in [0.1, 0.15) is 10.3 Å². The average Bonchev–Trinajstić information content (AvgIpc) is 3.02. The Kier molecular flexibility index (Phi) is 3.13. The number of rotatable bonds is 3. The maximum absolute atomic E-state index is 12.4. The van der Waals surface area contributed by atoms with Gasteiger partial charge in [-0.2, -0.15) is 5.10 Å². The largest absolute Gasteiger partial charge is 0.380 e. The maximum Gasteiger partial charge on any atom is 0.281 e. The van der Waals surface area contributed by atoms with Gasteiger partial charge in [-0.3, -0.25) is 9.89 Å². The molecule has 0 radical (unpaired) electrons. The van der Waals surface area contributed by atoms with Crippen molar-refractivity contribution in [2.75, 3.05) is 5.73 Å². The van der Waals surface area contributed by atoms with Crippen LogP contribution >= 0.6 is 11.3 Å². The lowest BCUT2D eigenvalue weighted by Crippen LogP contribution is -2.40. The maximum atomic E-state index is 12.4. The van der Waals surface area contributed by atoms with Crippen LogP contribution < -0.4 is 11.1 Å². The number of nitrogens with one attached hydrogen (secondary N) is 2. The molecule has 0 fully saturated rings. The zero-order valence-corrected chi connectivity index (χ0v) is 12.5. The van der Waals surface area contributed by atoms with Gasteiger partial charge in [0.05, 0.1) is 5.54 Å². The van der Waals surface area contributed by atoms with Crippen LogP contribution in [0.4, 0.5) is 5.82 Å². The van der Waals surface area contributed by atoms with E-state index in [1.165, 1.54) is 11.3 Å². The van der Waals surface area contributed by atoms with Gasteiger partial charge < -0.3 is 11.1 Å². The molecule has 0 aliphatic carbocycles. The fraction of sp³-hybridized carbons (Fsp3) is 0.214. The molecule has 6 nitrogen and oxygen atoms in total. The first-order valence-electron chi connectivity index (χ1n) is 6.46. The van der Waals surface area contributed by atoms with Crippen molar-refractivity contribution >= 4 is 33.4 Å². The van der Waals surface area contributed by atoms with Gasteiger partial charge in [-0.15, -0.1) is 0 Å². The zero-order chi connectivity index (χ0) is 15.0. The molecule has 0 spiro atoms. The molecule has 4 N–H and O–H groups in total. The average molecular weight is 301 g/mol. The third-order valence-corrected chi connectivity index (χ3v) is 4.22. The number of anilines is 1. The van der Waals surface area contributed by atoms with Crippen LogP contribution in [0.25, 0.3) is 10.3 Å². The second-order valence-corrected chi connectivity index (χ2v) is 6.25. The lowest BCUT2D eigenvalue weighted by atomic mass is 9.94. The van der Waals surface area contributed by atoms with Crippen molar-refractivity contribution < 1.29 is 4.79 Å². The molecule has 0 atom stereocenters. The highest BCUT2D eigenvalue weighted by Gasteiger charge is 2.25. The molecule has 108 valence electrons. The van der Waals surface area contributed by atoms with Crippen LogP contribution in [-0.2, 0) is 5.54 Å². The van der Waals surface area contributed by atoms with Crippen LogP contribution in [-0.4, -0.2) is 21.1 Å². The molecular formula is C14H15N5OS. The smallest absolute Gasteiger partial charge is 0.281 e. The van der Waals surface area contributed by atoms with Gasteiger partial charge in [0.2, 0.25) is 0 Å². The van der Waals surface area contributed by atoms with Gasteiger partial charge in [0.15, 0.2) is 10.8 Å². The Morgan fingerprint density at radius 3 is 2.71 bits per heavy atom. The van der Waals surface area contributed by atoms with E-state index < -0.39 is 5.54 Å². The van der Waals surface area contributed by atoms with E-state index in [1.807, 2.05) is 44.2 Å². The first-order valence-corrected chi connectivity index (χ1v) is 7.27. The highest BCUT2D eigenvalue weighted by atomic mass is 32.1. The summed E-state index contributed by atoms with van der Waals surface area (Å²) in [5.41, 5.74) is 6.77. The van der Waals surface area contributed by atoms with Crippen molar-refractivity contribution in [3.05, 3.63) is 40.9 Å². The van der Waals surface area contributed by atoms with E-state index in [9.17, 15) is 4.79 Å². The monoisotopic (exact) mass is 301 g/mol. The van der Waals surface area contributed by atoms with E-state index in [4.69, 9.17) is 5.73 Å². The molecule has 0 saturated heterocycles. The predicted molar refractivity (Wildman–Crippen MR) is 83.1 cm³/mol. The Hall–Kier alpha value is -2.41. The van der Waals surface area contributed by atoms with Crippen molar-refractivity contribution in [1.29, 1.82) is 0 Å². The van der Waals surface area contributed by atoms with Gasteiger partial charge >= 0.3 is 0 Å². The fourth-order valence-corrected chi connectivity index (χ4v) is 2.91. The van der Waals surface area contributed by atoms with Gasteiger partial charge in [-0.25, -0.2) is 4.98 Å². The molecule has 2 aromatic heterocycles. The summed E-state index contributed by atoms with van der Waals surface area (Å²) < 4.78 is 0. The van der Waals surface area contributed by atoms with E-state index in [1.54, 1.807) is 0 Å². The van der Waals surface area contributed by atoms with Crippen LogP contribution in [0.15, 0.2) is 30.3 Å². The van der Waals surface area contributed by atoms with Crippen molar-refractivity contribution in [1.82, 2.24) is 20.5 Å². The quantitative estimate of drug-likeness (QED) is 0.691. The van der Waals surface area contributed by atoms with Crippen LogP contribution in [0.1, 0.15) is 29.2 Å². The Balaban J connectivity index is 1.85. The number of fused-ring (bicyclic) bond motifs is 1. The Morgan fingerprint density at radius 2 is 2.05 bits per heavy atom. The van der Waals surface area contributed by atoms with Crippen LogP contribution in [0.5, 0.6) is 0 Å². The van der Waals surface area contributed by atoms with Gasteiger partial charge in [0, 0.05) is 0 Å². The van der Waals surface area contributed by atoms with Gasteiger partial charge in [-0.1, -0.05) is 41.7 Å². The summed E-state index contributed by atoms with van der Waals surface area (Å²) >= 11 is 1.24. The van der Waals surface area contributed by atoms with Crippen LogP contribution in [0.3, 0.4) is 0 Å². The van der Waals surface area contributed by atoms with E-state index in [0.717, 1.165) is 5.56 Å². The number of H-pyrrole nitrogens is 1. The zero-order valence-electron chi connectivity index (χ0n) is 11.7. The number of aromatic amines is 1. The summed E-state index contributed by atoms with van der Waals surface area (Å²) in [5.74, 6) is 0.0838. The lowest BCUT2D eigenvalue weighted by Gasteiger charge is -2.26. The molecule has 0 bridgehead atoms. The third kappa shape index (κ3) is 2.47. The summed E-state index contributed by atoms with van der Waals surface area (Å²) in [7, 11) is 0. The Morgan fingerprint density at radius 1 is 1.33 bits per heavy atom. The van der Waals surface area contributed by atoms with E-state index in [2.05, 4.69) is 20.5 Å². The molecular weight excluding hydrogens is 286 g/mol. The molecule has 0 unspecified atom stereocenters. The molecule has 7 heteroatoms. The highest BCUT2D eigenvalue weighted by Crippen LogP contribution is 2.25. The minimum absolute atomic E-state index is 0.224. The van der Waals surface area contributed by atoms with E-state index >= 15 is 0 Å². The van der Waals surface area contributed by atoms with Crippen molar-refractivity contribution in [3.8, 4) is 0 Å². The molecule has 3 aromatic rings. The van der Waals surface area contributed by atoms with Crippen molar-refractivity contribution in [2.24, 2.45) is 0 Å². The third-order valence-electron chi connectivity index (χ3n) is 3.26. The number of hydrogen-bond donors (Lipinski definition) is 3. The second-order valence-electron chi connectivity index (χ2n) is 5.25. The number of thiazole rings is 1. The molecule has 0 aliphatic rings. The molecule has 0 aliphatic heterocycles. The minimum Gasteiger partial charge on any atom is -0.380 e. The summed E-state index contributed by atoms with van der Waals surface area (Å²) in [4.78, 5) is 17.3. The Bertz CT molecular complexity index is 790. The molecule has 21 heavy (non-hydrogen) atoms. The summed E-state index contributed by atoms with van der Waals surface area (Å²) in [6, 6.07) is 9.80. The lowest BCUT2D eigenvalue weighted by molar-refractivity contribution is 0.0912. The fourth-order valence-electron chi connectivity index (χ4n) is 2.09. The summed E-state index contributed by atoms with van der Waals surface area (Å²) in [5, 5.41) is 9.97. The molecule has 3 rings (SSSR count). The van der Waals surface area contributed by atoms with Gasteiger partial charge in [-0.05, 0) is 19.4 Å². The highest BCUT2D eigenvalue weighted by molar-refractivity contribution is 7.20. The van der Waals surface area contributed by atoms with Gasteiger partial charge in [0.25, 0.3) is 5.91 Å². The Labute approximate surface area is 125 Å². The second kappa shape index (κ2) is 4.85. The van der Waals surface area contributed by atoms with E-state index in [0.29, 0.717) is 21.2 Å². The SMILES string of the molecule is CC(C)(NC(=O)c1nc2c(N)n[nH]c2s1)c1ccccc1. The first kappa shape index (κ1) is 13.6. The standard InChI is InChI=1S/C14H15N5OS/c1-14(2,8-6-4-3-5-7-8)17-11(20)13-16-9-10(15)18-19-12(9)21-13/h3-7H,1-2H3,(H,17,20)(H3,15,18,19). The molecule has 1 amide bonds. The minimum atomic E-state index is -0.485. The topological polar surface area (TPSA) is 96.7 Å². The number of carbonyl (C=O) groups excluding carboxylic acids is 1. The predicted octanol–water partition coefficient (Wildman–Crippen LogP) is 2.27. The first-order chi connectivity index (χ1) is 9.97. The van der Waals surface area contributed by atoms with E-state index in [-0.39, 0.29) is 5.91 Å². The number of nitrogens with zero attached hydrogens (tertiary/aromatic N) is 2. The van der Waals surface area contributed by atoms with Crippen LogP contribution in [0, 0.1) is 0 Å². The summed E-state index contributed by atoms with van der Waals surface area (Å²) in [6.07, 6.45) is 0. The number of amides is 1. The number of nitrogen functional groups attached to an aromatic ring is 1. The molecule has 2 heterocycles. The number of aromatic nitrogens is 3. The van der Waals surface area contributed by atoms with Crippen molar-refractivity contribution in [2.45, 2.75) is 19.4 Å². The number of benzene rings is 1. The number of nitrogens with two attached hydrogens (primary N) is 1. The normalized spacial score (nSPS) is 11.7. The van der Waals surface area contributed by atoms with Crippen molar-refractivity contribution in [3.63, 3.8) is 0 Å². The number of hydrogen-bond acceptors (Lipinski definition) is 5. The molecule has 1 aromatic carbocycles. The van der Waals surface area contributed by atoms with Crippen LogP contribution in [0.2, 0.25) is 0 Å². The molecule has 0 saturated carbocycles.